The lowest BCUT2D eigenvalue weighted by molar-refractivity contribution is 0.00726. The van der Waals surface area contributed by atoms with E-state index >= 15 is 0 Å². The average molecular weight is 263 g/mol. The topological polar surface area (TPSA) is 53.7 Å². The van der Waals surface area contributed by atoms with Crippen molar-refractivity contribution in [1.29, 1.82) is 0 Å². The molecule has 19 heavy (non-hydrogen) atoms. The standard InChI is InChI=1S/C15H21NO3/c1-17-11-2-3-14-12(8-11)13(16)9-15(19-14)10-4-6-18-7-5-10/h2-3,8,10,13,15H,4-7,9,16H2,1H3/t13-,15?/m0/s1. The Kier molecular flexibility index (Phi) is 3.62. The first-order valence-electron chi connectivity index (χ1n) is 6.96. The molecular formula is C15H21NO3. The molecule has 1 fully saturated rings. The van der Waals surface area contributed by atoms with Crippen molar-refractivity contribution in [1.82, 2.24) is 0 Å². The number of nitrogens with two attached hydrogens (primary N) is 1. The Hall–Kier alpha value is -1.26. The van der Waals surface area contributed by atoms with Gasteiger partial charge in [0, 0.05) is 37.2 Å². The Morgan fingerprint density at radius 1 is 1.26 bits per heavy atom. The van der Waals surface area contributed by atoms with Gasteiger partial charge in [-0.25, -0.2) is 0 Å². The minimum absolute atomic E-state index is 0.0340. The van der Waals surface area contributed by atoms with Crippen LogP contribution in [-0.4, -0.2) is 26.4 Å². The minimum atomic E-state index is 0.0340. The maximum Gasteiger partial charge on any atom is 0.124 e. The van der Waals surface area contributed by atoms with Crippen molar-refractivity contribution in [3.05, 3.63) is 23.8 Å². The van der Waals surface area contributed by atoms with E-state index in [1.807, 2.05) is 18.2 Å². The van der Waals surface area contributed by atoms with Gasteiger partial charge in [0.1, 0.15) is 17.6 Å². The Morgan fingerprint density at radius 3 is 2.79 bits per heavy atom. The van der Waals surface area contributed by atoms with Crippen molar-refractivity contribution in [2.45, 2.75) is 31.4 Å². The van der Waals surface area contributed by atoms with E-state index in [0.717, 1.165) is 49.5 Å². The SMILES string of the molecule is COc1ccc2c(c1)[C@@H](N)CC(C1CCOCC1)O2. The number of fused-ring (bicyclic) bond motifs is 1. The van der Waals surface area contributed by atoms with Crippen molar-refractivity contribution in [3.63, 3.8) is 0 Å². The highest BCUT2D eigenvalue weighted by Gasteiger charge is 2.32. The fourth-order valence-electron chi connectivity index (χ4n) is 3.02. The molecule has 2 aliphatic rings. The highest BCUT2D eigenvalue weighted by Crippen LogP contribution is 2.39. The van der Waals surface area contributed by atoms with Gasteiger partial charge in [-0.3, -0.25) is 0 Å². The summed E-state index contributed by atoms with van der Waals surface area (Å²) in [4.78, 5) is 0. The molecule has 1 aromatic carbocycles. The molecule has 2 N–H and O–H groups in total. The van der Waals surface area contributed by atoms with Gasteiger partial charge in [-0.15, -0.1) is 0 Å². The molecule has 0 radical (unpaired) electrons. The zero-order valence-electron chi connectivity index (χ0n) is 11.3. The lowest BCUT2D eigenvalue weighted by Crippen LogP contribution is -2.37. The second-order valence-electron chi connectivity index (χ2n) is 5.35. The van der Waals surface area contributed by atoms with Crippen LogP contribution in [0.1, 0.15) is 30.9 Å². The highest BCUT2D eigenvalue weighted by molar-refractivity contribution is 5.43. The van der Waals surface area contributed by atoms with E-state index < -0.39 is 0 Å². The van der Waals surface area contributed by atoms with Gasteiger partial charge in [0.15, 0.2) is 0 Å². The second kappa shape index (κ2) is 5.39. The predicted octanol–water partition coefficient (Wildman–Crippen LogP) is 2.27. The molecule has 4 heteroatoms. The van der Waals surface area contributed by atoms with Crippen LogP contribution in [-0.2, 0) is 4.74 Å². The minimum Gasteiger partial charge on any atom is -0.497 e. The molecule has 3 rings (SSSR count). The highest BCUT2D eigenvalue weighted by atomic mass is 16.5. The van der Waals surface area contributed by atoms with Gasteiger partial charge in [-0.1, -0.05) is 0 Å². The third kappa shape index (κ3) is 2.55. The zero-order valence-corrected chi connectivity index (χ0v) is 11.3. The van der Waals surface area contributed by atoms with Gasteiger partial charge in [-0.05, 0) is 31.0 Å². The summed E-state index contributed by atoms with van der Waals surface area (Å²) in [6.07, 6.45) is 3.25. The number of ether oxygens (including phenoxy) is 3. The number of hydrogen-bond acceptors (Lipinski definition) is 4. The molecule has 0 aliphatic carbocycles. The van der Waals surface area contributed by atoms with Gasteiger partial charge in [-0.2, -0.15) is 0 Å². The summed E-state index contributed by atoms with van der Waals surface area (Å²) in [5.74, 6) is 2.31. The number of methoxy groups -OCH3 is 1. The van der Waals surface area contributed by atoms with Crippen LogP contribution in [0.5, 0.6) is 11.5 Å². The summed E-state index contributed by atoms with van der Waals surface area (Å²) in [7, 11) is 1.67. The molecule has 2 heterocycles. The van der Waals surface area contributed by atoms with Crippen LogP contribution in [0, 0.1) is 5.92 Å². The van der Waals surface area contributed by atoms with Crippen LogP contribution in [0.15, 0.2) is 18.2 Å². The Labute approximate surface area is 113 Å². The molecule has 1 aromatic rings. The van der Waals surface area contributed by atoms with Crippen LogP contribution in [0.3, 0.4) is 0 Å². The molecule has 0 aromatic heterocycles. The summed E-state index contributed by atoms with van der Waals surface area (Å²) >= 11 is 0. The monoisotopic (exact) mass is 263 g/mol. The van der Waals surface area contributed by atoms with E-state index in [9.17, 15) is 0 Å². The Morgan fingerprint density at radius 2 is 2.05 bits per heavy atom. The maximum absolute atomic E-state index is 6.30. The van der Waals surface area contributed by atoms with E-state index in [1.165, 1.54) is 0 Å². The van der Waals surface area contributed by atoms with Crippen molar-refractivity contribution >= 4 is 0 Å². The molecular weight excluding hydrogens is 242 g/mol. The smallest absolute Gasteiger partial charge is 0.124 e. The zero-order chi connectivity index (χ0) is 13.2. The molecule has 2 atom stereocenters. The third-order valence-corrected chi connectivity index (χ3v) is 4.17. The largest absolute Gasteiger partial charge is 0.497 e. The molecule has 0 amide bonds. The summed E-state index contributed by atoms with van der Waals surface area (Å²) in [5.41, 5.74) is 7.36. The maximum atomic E-state index is 6.30. The van der Waals surface area contributed by atoms with Gasteiger partial charge in [0.25, 0.3) is 0 Å². The fourth-order valence-corrected chi connectivity index (χ4v) is 3.02. The molecule has 4 nitrogen and oxygen atoms in total. The van der Waals surface area contributed by atoms with Crippen LogP contribution in [0.25, 0.3) is 0 Å². The molecule has 0 bridgehead atoms. The van der Waals surface area contributed by atoms with Crippen LogP contribution >= 0.6 is 0 Å². The first-order chi connectivity index (χ1) is 9.28. The summed E-state index contributed by atoms with van der Waals surface area (Å²) in [6.45, 7) is 1.68. The van der Waals surface area contributed by atoms with Crippen molar-refractivity contribution in [2.24, 2.45) is 11.7 Å². The Bertz CT molecular complexity index is 443. The quantitative estimate of drug-likeness (QED) is 0.889. The molecule has 0 saturated carbocycles. The first-order valence-corrected chi connectivity index (χ1v) is 6.96. The van der Waals surface area contributed by atoms with Gasteiger partial charge < -0.3 is 19.9 Å². The normalized spacial score (nSPS) is 27.5. The molecule has 2 aliphatic heterocycles. The third-order valence-electron chi connectivity index (χ3n) is 4.17. The van der Waals surface area contributed by atoms with E-state index in [-0.39, 0.29) is 12.1 Å². The van der Waals surface area contributed by atoms with Gasteiger partial charge >= 0.3 is 0 Å². The van der Waals surface area contributed by atoms with Gasteiger partial charge in [0.2, 0.25) is 0 Å². The van der Waals surface area contributed by atoms with E-state index in [2.05, 4.69) is 0 Å². The second-order valence-corrected chi connectivity index (χ2v) is 5.35. The summed E-state index contributed by atoms with van der Waals surface area (Å²) < 4.78 is 16.8. The number of rotatable bonds is 2. The van der Waals surface area contributed by atoms with E-state index in [1.54, 1.807) is 7.11 Å². The first kappa shape index (κ1) is 12.8. The summed E-state index contributed by atoms with van der Waals surface area (Å²) in [6, 6.07) is 5.92. The number of hydrogen-bond donors (Lipinski definition) is 1. The fraction of sp³-hybridized carbons (Fsp3) is 0.600. The van der Waals surface area contributed by atoms with Crippen molar-refractivity contribution in [2.75, 3.05) is 20.3 Å². The van der Waals surface area contributed by atoms with E-state index in [0.29, 0.717) is 5.92 Å². The van der Waals surface area contributed by atoms with Crippen LogP contribution in [0.4, 0.5) is 0 Å². The predicted molar refractivity (Wildman–Crippen MR) is 72.5 cm³/mol. The number of benzene rings is 1. The Balaban J connectivity index is 1.79. The average Bonchev–Trinajstić information content (AvgIpc) is 2.48. The van der Waals surface area contributed by atoms with Crippen LogP contribution < -0.4 is 15.2 Å². The summed E-state index contributed by atoms with van der Waals surface area (Å²) in [5, 5.41) is 0. The molecule has 104 valence electrons. The van der Waals surface area contributed by atoms with Crippen molar-refractivity contribution < 1.29 is 14.2 Å². The lowest BCUT2D eigenvalue weighted by atomic mass is 9.86. The van der Waals surface area contributed by atoms with E-state index in [4.69, 9.17) is 19.9 Å². The molecule has 1 saturated heterocycles. The van der Waals surface area contributed by atoms with Gasteiger partial charge in [0.05, 0.1) is 7.11 Å². The molecule has 0 spiro atoms. The van der Waals surface area contributed by atoms with Crippen LogP contribution in [0.2, 0.25) is 0 Å². The lowest BCUT2D eigenvalue weighted by Gasteiger charge is -2.36. The van der Waals surface area contributed by atoms with Crippen molar-refractivity contribution in [3.8, 4) is 11.5 Å². The molecule has 1 unspecified atom stereocenters.